The lowest BCUT2D eigenvalue weighted by atomic mass is 9.53. The van der Waals surface area contributed by atoms with E-state index >= 15 is 0 Å². The maximum Gasteiger partial charge on any atom is 0.678 e. The van der Waals surface area contributed by atoms with E-state index in [9.17, 15) is 18.8 Å². The minimum Gasteiger partial charge on any atom is -0.508 e. The monoisotopic (exact) mass is 613 g/mol. The van der Waals surface area contributed by atoms with Crippen LogP contribution in [0.5, 0.6) is 5.75 Å². The van der Waals surface area contributed by atoms with Crippen LogP contribution < -0.4 is 5.49 Å². The zero-order valence-corrected chi connectivity index (χ0v) is 25.6. The molecule has 0 saturated heterocycles. The molecule has 3 aromatic carbocycles. The fourth-order valence-corrected chi connectivity index (χ4v) is 8.99. The van der Waals surface area contributed by atoms with Crippen molar-refractivity contribution in [1.29, 1.82) is 0 Å². The van der Waals surface area contributed by atoms with Crippen LogP contribution in [-0.2, 0) is 6.42 Å². The number of pyridine rings is 1. The Bertz CT molecular complexity index is 2000. The first-order valence-electron chi connectivity index (χ1n) is 16.1. The molecule has 0 bridgehead atoms. The van der Waals surface area contributed by atoms with Crippen molar-refractivity contribution in [2.45, 2.75) is 57.0 Å². The third-order valence-electron chi connectivity index (χ3n) is 11.3. The first-order valence-corrected chi connectivity index (χ1v) is 16.1. The summed E-state index contributed by atoms with van der Waals surface area (Å²) in [5, 5.41) is 30.8. The van der Waals surface area contributed by atoms with Crippen molar-refractivity contribution in [3.05, 3.63) is 118 Å². The summed E-state index contributed by atoms with van der Waals surface area (Å²) < 4.78 is 29.4. The number of phenolic OH excluding ortho intramolecular Hbond substituents is 1. The minimum atomic E-state index is -2.84. The summed E-state index contributed by atoms with van der Waals surface area (Å²) in [6.45, 7) is 2.17. The molecule has 230 valence electrons. The summed E-state index contributed by atoms with van der Waals surface area (Å²) in [4.78, 5) is 0. The zero-order valence-electron chi connectivity index (χ0n) is 25.6. The van der Waals surface area contributed by atoms with Gasteiger partial charge in [0.05, 0.1) is 0 Å². The lowest BCUT2D eigenvalue weighted by Crippen LogP contribution is -2.50. The number of hydrogen-bond donors (Lipinski definition) is 2. The lowest BCUT2D eigenvalue weighted by molar-refractivity contribution is -0.0647. The van der Waals surface area contributed by atoms with E-state index in [-0.39, 0.29) is 10.9 Å². The van der Waals surface area contributed by atoms with Crippen LogP contribution in [0.1, 0.15) is 72.8 Å². The fraction of sp³-hybridized carbons (Fsp3) is 0.316. The van der Waals surface area contributed by atoms with Gasteiger partial charge in [0, 0.05) is 28.3 Å². The van der Waals surface area contributed by atoms with Crippen molar-refractivity contribution >= 4 is 13.1 Å². The van der Waals surface area contributed by atoms with Crippen LogP contribution in [-0.4, -0.2) is 33.4 Å². The molecule has 4 aliphatic carbocycles. The summed E-state index contributed by atoms with van der Waals surface area (Å²) in [7, 11) is -2.84. The van der Waals surface area contributed by atoms with Crippen molar-refractivity contribution in [2.75, 3.05) is 0 Å². The first kappa shape index (κ1) is 29.0. The van der Waals surface area contributed by atoms with Crippen LogP contribution in [0.4, 0.5) is 8.63 Å². The van der Waals surface area contributed by atoms with Gasteiger partial charge in [-0.1, -0.05) is 73.4 Å². The summed E-state index contributed by atoms with van der Waals surface area (Å²) >= 11 is 0. The predicted octanol–water partition coefficient (Wildman–Crippen LogP) is 6.94. The first-order chi connectivity index (χ1) is 22.3. The third kappa shape index (κ3) is 4.47. The molecule has 1 heterocycles. The van der Waals surface area contributed by atoms with Gasteiger partial charge in [0.2, 0.25) is 0 Å². The third-order valence-corrected chi connectivity index (χ3v) is 11.3. The molecule has 4 aromatic rings. The molecule has 46 heavy (non-hydrogen) atoms. The largest absolute Gasteiger partial charge is 0.678 e. The molecule has 0 spiro atoms. The second-order valence-electron chi connectivity index (χ2n) is 13.5. The molecule has 5 atom stereocenters. The number of aliphatic hydroxyl groups is 1. The van der Waals surface area contributed by atoms with Crippen LogP contribution in [0.2, 0.25) is 0 Å². The Balaban J connectivity index is 1.09. The summed E-state index contributed by atoms with van der Waals surface area (Å²) in [6, 6.07) is 24.7. The Kier molecular flexibility index (Phi) is 6.81. The quantitative estimate of drug-likeness (QED) is 0.129. The number of hydrogen-bond acceptors (Lipinski definition) is 4. The number of benzene rings is 3. The Labute approximate surface area is 267 Å². The van der Waals surface area contributed by atoms with Crippen LogP contribution in [0.25, 0.3) is 11.1 Å². The molecule has 4 aliphatic rings. The van der Waals surface area contributed by atoms with Crippen molar-refractivity contribution in [3.8, 4) is 28.7 Å². The molecule has 0 aliphatic heterocycles. The van der Waals surface area contributed by atoms with Gasteiger partial charge < -0.3 is 14.7 Å². The average molecular weight is 614 g/mol. The number of aryl methyl sites for hydroxylation is 1. The fourth-order valence-electron chi connectivity index (χ4n) is 8.99. The number of aromatic hydroxyl groups is 1. The highest BCUT2D eigenvalue weighted by atomic mass is 19.2. The predicted molar refractivity (Wildman–Crippen MR) is 175 cm³/mol. The second-order valence-corrected chi connectivity index (χ2v) is 13.5. The van der Waals surface area contributed by atoms with Crippen LogP contribution in [0.3, 0.4) is 0 Å². The van der Waals surface area contributed by atoms with Gasteiger partial charge in [-0.3, -0.25) is 8.63 Å². The number of aromatic nitrogens is 1. The molecule has 2 fully saturated rings. The van der Waals surface area contributed by atoms with E-state index in [0.717, 1.165) is 58.8 Å². The van der Waals surface area contributed by atoms with Crippen molar-refractivity contribution in [1.82, 2.24) is 4.48 Å². The number of nitrogens with zero attached hydrogens (tertiary/aromatic N) is 3. The lowest BCUT2D eigenvalue weighted by Gasteiger charge is -2.52. The number of phenols is 1. The van der Waals surface area contributed by atoms with Gasteiger partial charge in [-0.15, -0.1) is 10.2 Å². The Morgan fingerprint density at radius 1 is 0.870 bits per heavy atom. The molecule has 2 saturated carbocycles. The van der Waals surface area contributed by atoms with Crippen molar-refractivity contribution in [2.24, 2.45) is 27.5 Å². The zero-order chi connectivity index (χ0) is 31.6. The standard InChI is InChI=1S/C38H34BF2N3O2/c1-37-19-17-30-27-14-12-26(45)22-25(27)11-13-31(30)34(37)18-21-38(37,46)20-16-24-10-15-35(44(23-24)39(40)41)42-43-36-32-8-4-2-6-28(32)29-7-3-5-9-33(29)36/h2-10,12,14-15,22-23,30-31,34,45-46H,11,13,17-19,21H2,1H3/b42-35-/t30?,31?,34?,37-,38-/m0/s1. The highest BCUT2D eigenvalue weighted by Crippen LogP contribution is 2.64. The van der Waals surface area contributed by atoms with Gasteiger partial charge in [0.25, 0.3) is 0 Å². The van der Waals surface area contributed by atoms with Gasteiger partial charge in [-0.05, 0) is 103 Å². The van der Waals surface area contributed by atoms with Crippen LogP contribution in [0, 0.1) is 29.1 Å². The SMILES string of the molecule is C[C@]12CCC3c4ccc(O)cc4CCC3C1CC[C@@]2(O)C#Cc1cc/c(=N/N=C2c3ccccc3-c3ccccc32)n(B(F)F)c1. The molecular weight excluding hydrogens is 579 g/mol. The summed E-state index contributed by atoms with van der Waals surface area (Å²) in [6.07, 6.45) is 6.51. The maximum absolute atomic E-state index is 14.3. The Hall–Kier alpha value is -4.48. The molecule has 3 unspecified atom stereocenters. The van der Waals surface area contributed by atoms with E-state index in [1.54, 1.807) is 12.1 Å². The van der Waals surface area contributed by atoms with E-state index in [2.05, 4.69) is 35.0 Å². The molecule has 8 rings (SSSR count). The van der Waals surface area contributed by atoms with E-state index in [1.165, 1.54) is 23.4 Å². The molecular formula is C38H34BF2N3O2. The minimum absolute atomic E-state index is 0.0192. The topological polar surface area (TPSA) is 70.1 Å². The highest BCUT2D eigenvalue weighted by Gasteiger charge is 2.61. The Morgan fingerprint density at radius 2 is 1.59 bits per heavy atom. The number of fused-ring (bicyclic) bond motifs is 8. The van der Waals surface area contributed by atoms with E-state index < -0.39 is 13.0 Å². The van der Waals surface area contributed by atoms with Gasteiger partial charge in [0.1, 0.15) is 22.5 Å². The molecule has 0 radical (unpaired) electrons. The molecule has 0 amide bonds. The van der Waals surface area contributed by atoms with E-state index in [4.69, 9.17) is 0 Å². The van der Waals surface area contributed by atoms with Crippen molar-refractivity contribution in [3.63, 3.8) is 0 Å². The Morgan fingerprint density at radius 3 is 2.30 bits per heavy atom. The summed E-state index contributed by atoms with van der Waals surface area (Å²) in [5.74, 6) is 7.76. The second kappa shape index (κ2) is 10.8. The molecule has 5 nitrogen and oxygen atoms in total. The normalized spacial score (nSPS) is 27.4. The highest BCUT2D eigenvalue weighted by molar-refractivity contribution is 6.40. The van der Waals surface area contributed by atoms with Gasteiger partial charge in [0.15, 0.2) is 0 Å². The molecule has 1 aromatic heterocycles. The molecule has 2 N–H and O–H groups in total. The van der Waals surface area contributed by atoms with Crippen molar-refractivity contribution < 1.29 is 18.8 Å². The van der Waals surface area contributed by atoms with Gasteiger partial charge in [-0.2, -0.15) is 0 Å². The van der Waals surface area contributed by atoms with E-state index in [1.807, 2.05) is 54.6 Å². The van der Waals surface area contributed by atoms with Crippen LogP contribution in [0.15, 0.2) is 95.3 Å². The smallest absolute Gasteiger partial charge is 0.508 e. The van der Waals surface area contributed by atoms with Gasteiger partial charge in [-0.25, -0.2) is 0 Å². The van der Waals surface area contributed by atoms with Crippen LogP contribution >= 0.6 is 0 Å². The number of halogens is 2. The number of rotatable bonds is 2. The average Bonchev–Trinajstić information content (AvgIpc) is 3.53. The summed E-state index contributed by atoms with van der Waals surface area (Å²) in [5.41, 5.74) is 5.98. The maximum atomic E-state index is 14.3. The molecule has 8 heteroatoms. The van der Waals surface area contributed by atoms with E-state index in [0.29, 0.717) is 41.2 Å². The van der Waals surface area contributed by atoms with Gasteiger partial charge >= 0.3 is 7.40 Å².